The summed E-state index contributed by atoms with van der Waals surface area (Å²) >= 11 is 0. The smallest absolute Gasteiger partial charge is 0.358 e. The summed E-state index contributed by atoms with van der Waals surface area (Å²) in [5.74, 6) is -4.05. The maximum atomic E-state index is 12.8. The second kappa shape index (κ2) is 8.36. The highest BCUT2D eigenvalue weighted by molar-refractivity contribution is 5.88. The van der Waals surface area contributed by atoms with Crippen LogP contribution in [-0.4, -0.2) is 46.3 Å². The number of pyridine rings is 2. The monoisotopic (exact) mass is 342 g/mol. The maximum Gasteiger partial charge on any atom is 0.358 e. The quantitative estimate of drug-likeness (QED) is 0.864. The zero-order valence-electron chi connectivity index (χ0n) is 12.5. The fourth-order valence-corrected chi connectivity index (χ4v) is 1.43. The van der Waals surface area contributed by atoms with Crippen molar-refractivity contribution in [3.05, 3.63) is 47.5 Å². The van der Waals surface area contributed by atoms with Crippen molar-refractivity contribution in [2.75, 3.05) is 14.2 Å². The zero-order chi connectivity index (χ0) is 18.3. The third-order valence-electron chi connectivity index (χ3n) is 2.50. The summed E-state index contributed by atoms with van der Waals surface area (Å²) in [5.41, 5.74) is -0.894. The summed E-state index contributed by atoms with van der Waals surface area (Å²) in [4.78, 5) is 27.4. The maximum absolute atomic E-state index is 12.8. The molecule has 0 bridgehead atoms. The minimum absolute atomic E-state index is 0.0810. The van der Waals surface area contributed by atoms with Gasteiger partial charge in [-0.15, -0.1) is 0 Å². The summed E-state index contributed by atoms with van der Waals surface area (Å²) in [7, 11) is 2.60. The Kier molecular flexibility index (Phi) is 6.53. The number of rotatable bonds is 4. The van der Waals surface area contributed by atoms with Crippen LogP contribution in [0.4, 0.5) is 8.78 Å². The van der Waals surface area contributed by atoms with Crippen LogP contribution >= 0.6 is 0 Å². The van der Waals surface area contributed by atoms with Crippen LogP contribution in [0.2, 0.25) is 0 Å². The van der Waals surface area contributed by atoms with Gasteiger partial charge < -0.3 is 19.7 Å². The Balaban J connectivity index is 0.000000240. The molecule has 0 aliphatic heterocycles. The number of carboxylic acids is 2. The number of nitrogens with zero attached hydrogens (tertiary/aromatic N) is 2. The van der Waals surface area contributed by atoms with E-state index >= 15 is 0 Å². The second-order valence-electron chi connectivity index (χ2n) is 4.02. The first-order chi connectivity index (χ1) is 11.3. The molecular formula is C14H12F2N2O6. The van der Waals surface area contributed by atoms with E-state index in [1.807, 2.05) is 0 Å². The van der Waals surface area contributed by atoms with Crippen LogP contribution in [0, 0.1) is 11.6 Å². The third-order valence-corrected chi connectivity index (χ3v) is 2.50. The molecule has 2 rings (SSSR count). The second-order valence-corrected chi connectivity index (χ2v) is 4.02. The molecular weight excluding hydrogens is 330 g/mol. The van der Waals surface area contributed by atoms with Crippen molar-refractivity contribution >= 4 is 11.9 Å². The lowest BCUT2D eigenvalue weighted by Gasteiger charge is -2.01. The number of ether oxygens (including phenoxy) is 2. The van der Waals surface area contributed by atoms with Crippen LogP contribution in [0.3, 0.4) is 0 Å². The van der Waals surface area contributed by atoms with Gasteiger partial charge in [0.15, 0.2) is 23.0 Å². The van der Waals surface area contributed by atoms with E-state index in [1.54, 1.807) is 0 Å². The summed E-state index contributed by atoms with van der Waals surface area (Å²) in [6, 6.07) is 1.94. The van der Waals surface area contributed by atoms with Crippen molar-refractivity contribution in [1.82, 2.24) is 9.97 Å². The van der Waals surface area contributed by atoms with Crippen molar-refractivity contribution in [2.45, 2.75) is 0 Å². The van der Waals surface area contributed by atoms with Gasteiger partial charge in [0.05, 0.1) is 26.6 Å². The van der Waals surface area contributed by atoms with Crippen molar-refractivity contribution < 1.29 is 38.1 Å². The number of halogens is 2. The van der Waals surface area contributed by atoms with Gasteiger partial charge in [-0.1, -0.05) is 0 Å². The Labute approximate surface area is 134 Å². The molecule has 10 heteroatoms. The average Bonchev–Trinajstić information content (AvgIpc) is 2.54. The molecule has 0 unspecified atom stereocenters. The molecule has 0 amide bonds. The van der Waals surface area contributed by atoms with Crippen molar-refractivity contribution in [2.24, 2.45) is 0 Å². The number of hydrogen-bond donors (Lipinski definition) is 2. The summed E-state index contributed by atoms with van der Waals surface area (Å²) in [5, 5.41) is 16.9. The van der Waals surface area contributed by atoms with E-state index in [1.165, 1.54) is 14.2 Å². The number of hydrogen-bond acceptors (Lipinski definition) is 6. The Bertz CT molecular complexity index is 754. The van der Waals surface area contributed by atoms with E-state index < -0.39 is 29.3 Å². The molecule has 2 aromatic heterocycles. The number of carbonyl (C=O) groups is 2. The van der Waals surface area contributed by atoms with Crippen LogP contribution < -0.4 is 9.47 Å². The molecule has 2 aromatic rings. The molecule has 24 heavy (non-hydrogen) atoms. The Morgan fingerprint density at radius 1 is 0.958 bits per heavy atom. The highest BCUT2D eigenvalue weighted by atomic mass is 19.1. The predicted octanol–water partition coefficient (Wildman–Crippen LogP) is 1.85. The number of carboxylic acid groups (broad SMARTS) is 2. The highest BCUT2D eigenvalue weighted by Gasteiger charge is 2.13. The molecule has 0 saturated heterocycles. The Morgan fingerprint density at radius 3 is 2.00 bits per heavy atom. The van der Waals surface area contributed by atoms with Gasteiger partial charge in [-0.25, -0.2) is 28.3 Å². The molecule has 0 atom stereocenters. The van der Waals surface area contributed by atoms with Gasteiger partial charge in [0, 0.05) is 12.1 Å². The van der Waals surface area contributed by atoms with Crippen molar-refractivity contribution in [3.63, 3.8) is 0 Å². The molecule has 0 spiro atoms. The lowest BCUT2D eigenvalue weighted by molar-refractivity contribution is 0.0674. The largest absolute Gasteiger partial charge is 0.495 e. The van der Waals surface area contributed by atoms with Gasteiger partial charge >= 0.3 is 11.9 Å². The molecule has 0 aromatic carbocycles. The third kappa shape index (κ3) is 4.87. The Morgan fingerprint density at radius 2 is 1.54 bits per heavy atom. The van der Waals surface area contributed by atoms with Gasteiger partial charge in [-0.2, -0.15) is 0 Å². The summed E-state index contributed by atoms with van der Waals surface area (Å²) in [6.07, 6.45) is 1.97. The molecule has 8 nitrogen and oxygen atoms in total. The van der Waals surface area contributed by atoms with Gasteiger partial charge in [0.2, 0.25) is 0 Å². The minimum atomic E-state index is -1.39. The first-order valence-corrected chi connectivity index (χ1v) is 6.15. The summed E-state index contributed by atoms with van der Waals surface area (Å²) in [6.45, 7) is 0. The minimum Gasteiger partial charge on any atom is -0.495 e. The number of methoxy groups -OCH3 is 2. The molecule has 0 fully saturated rings. The number of aromatic carboxylic acids is 2. The number of aromatic nitrogens is 2. The predicted molar refractivity (Wildman–Crippen MR) is 75.4 cm³/mol. The van der Waals surface area contributed by atoms with E-state index in [0.717, 1.165) is 24.5 Å². The van der Waals surface area contributed by atoms with Gasteiger partial charge in [0.1, 0.15) is 11.6 Å². The first kappa shape index (κ1) is 18.7. The topological polar surface area (TPSA) is 119 Å². The van der Waals surface area contributed by atoms with E-state index in [9.17, 15) is 18.4 Å². The summed E-state index contributed by atoms with van der Waals surface area (Å²) < 4.78 is 34.5. The highest BCUT2D eigenvalue weighted by Crippen LogP contribution is 2.16. The average molecular weight is 342 g/mol. The molecule has 128 valence electrons. The standard InChI is InChI=1S/2C7H6FNO3/c1-12-4-2-5(8)6(7(10)11)9-3-4;1-12-5-2-4(8)3-9-6(5)7(10)11/h2*2-3H,1H3,(H,10,11). The Hall–Kier alpha value is -3.30. The molecule has 0 saturated carbocycles. The molecule has 0 radical (unpaired) electrons. The zero-order valence-corrected chi connectivity index (χ0v) is 12.5. The van der Waals surface area contributed by atoms with Crippen LogP contribution in [0.15, 0.2) is 24.5 Å². The van der Waals surface area contributed by atoms with Crippen LogP contribution in [0.1, 0.15) is 21.0 Å². The molecule has 2 N–H and O–H groups in total. The fraction of sp³-hybridized carbons (Fsp3) is 0.143. The van der Waals surface area contributed by atoms with Gasteiger partial charge in [-0.3, -0.25) is 0 Å². The van der Waals surface area contributed by atoms with E-state index in [0.29, 0.717) is 0 Å². The van der Waals surface area contributed by atoms with Crippen LogP contribution in [-0.2, 0) is 0 Å². The normalized spacial score (nSPS) is 9.50. The fourth-order valence-electron chi connectivity index (χ4n) is 1.43. The molecule has 2 heterocycles. The van der Waals surface area contributed by atoms with Crippen molar-refractivity contribution in [3.8, 4) is 11.5 Å². The van der Waals surface area contributed by atoms with E-state index in [4.69, 9.17) is 10.2 Å². The lowest BCUT2D eigenvalue weighted by atomic mass is 10.3. The van der Waals surface area contributed by atoms with Gasteiger partial charge in [-0.05, 0) is 0 Å². The van der Waals surface area contributed by atoms with Crippen LogP contribution in [0.25, 0.3) is 0 Å². The lowest BCUT2D eigenvalue weighted by Crippen LogP contribution is -2.03. The molecule has 0 aliphatic carbocycles. The van der Waals surface area contributed by atoms with E-state index in [2.05, 4.69) is 19.4 Å². The van der Waals surface area contributed by atoms with Crippen molar-refractivity contribution in [1.29, 1.82) is 0 Å². The SMILES string of the molecule is COc1cc(F)cnc1C(=O)O.COc1cnc(C(=O)O)c(F)c1. The first-order valence-electron chi connectivity index (χ1n) is 6.15. The van der Waals surface area contributed by atoms with E-state index in [-0.39, 0.29) is 17.2 Å². The van der Waals surface area contributed by atoms with Gasteiger partial charge in [0.25, 0.3) is 0 Å². The molecule has 0 aliphatic rings. The van der Waals surface area contributed by atoms with Crippen LogP contribution in [0.5, 0.6) is 11.5 Å².